The molecule has 0 unspecified atom stereocenters. The topological polar surface area (TPSA) is 9.23 Å². The fourth-order valence-electron chi connectivity index (χ4n) is 1.99. The first kappa shape index (κ1) is 16.0. The number of hydrogen-bond acceptors (Lipinski definition) is 1. The highest BCUT2D eigenvalue weighted by molar-refractivity contribution is 5.13. The van der Waals surface area contributed by atoms with Gasteiger partial charge in [-0.1, -0.05) is 68.7 Å². The van der Waals surface area contributed by atoms with Crippen LogP contribution in [0.25, 0.3) is 0 Å². The fraction of sp³-hybridized carbons (Fsp3) is 0.556. The monoisotopic (exact) mass is 260 g/mol. The first-order valence-electron chi connectivity index (χ1n) is 7.70. The molecule has 0 aliphatic rings. The highest BCUT2D eigenvalue weighted by atomic mass is 16.5. The summed E-state index contributed by atoms with van der Waals surface area (Å²) in [6.07, 6.45) is 13.6. The predicted octanol–water partition coefficient (Wildman–Crippen LogP) is 5.51. The Morgan fingerprint density at radius 1 is 0.895 bits per heavy atom. The average molecular weight is 260 g/mol. The number of unbranched alkanes of at least 4 members (excludes halogenated alkanes) is 5. The van der Waals surface area contributed by atoms with Crippen LogP contribution in [0.4, 0.5) is 0 Å². The number of hydrogen-bond donors (Lipinski definition) is 0. The van der Waals surface area contributed by atoms with E-state index >= 15 is 0 Å². The van der Waals surface area contributed by atoms with Gasteiger partial charge < -0.3 is 4.74 Å². The van der Waals surface area contributed by atoms with Gasteiger partial charge in [-0.25, -0.2) is 0 Å². The molecule has 0 atom stereocenters. The third-order valence-electron chi connectivity index (χ3n) is 3.16. The van der Waals surface area contributed by atoms with Gasteiger partial charge in [0.05, 0.1) is 6.61 Å². The van der Waals surface area contributed by atoms with Crippen molar-refractivity contribution >= 4 is 0 Å². The lowest BCUT2D eigenvalue weighted by Crippen LogP contribution is -1.94. The lowest BCUT2D eigenvalue weighted by Gasteiger charge is -2.02. The molecule has 0 bridgehead atoms. The quantitative estimate of drug-likeness (QED) is 0.376. The van der Waals surface area contributed by atoms with E-state index in [4.69, 9.17) is 4.74 Å². The molecule has 0 amide bonds. The molecule has 0 aliphatic heterocycles. The SMILES string of the molecule is CCCCCCC=CCCCOCc1ccccc1. The highest BCUT2D eigenvalue weighted by Crippen LogP contribution is 2.04. The van der Waals surface area contributed by atoms with Gasteiger partial charge in [-0.05, 0) is 31.2 Å². The third kappa shape index (κ3) is 9.49. The number of rotatable bonds is 11. The number of ether oxygens (including phenoxy) is 1. The molecule has 1 aromatic rings. The molecule has 0 N–H and O–H groups in total. The van der Waals surface area contributed by atoms with Crippen molar-refractivity contribution in [3.05, 3.63) is 48.0 Å². The summed E-state index contributed by atoms with van der Waals surface area (Å²) in [6, 6.07) is 10.4. The van der Waals surface area contributed by atoms with Crippen LogP contribution in [0.3, 0.4) is 0 Å². The van der Waals surface area contributed by atoms with Crippen molar-refractivity contribution in [1.29, 1.82) is 0 Å². The minimum absolute atomic E-state index is 0.738. The maximum atomic E-state index is 5.65. The Morgan fingerprint density at radius 3 is 2.37 bits per heavy atom. The molecule has 19 heavy (non-hydrogen) atoms. The Morgan fingerprint density at radius 2 is 1.63 bits per heavy atom. The van der Waals surface area contributed by atoms with Crippen LogP contribution in [0.5, 0.6) is 0 Å². The molecule has 1 heteroatoms. The first-order chi connectivity index (χ1) is 9.43. The normalized spacial score (nSPS) is 11.2. The summed E-state index contributed by atoms with van der Waals surface area (Å²) in [5, 5.41) is 0. The van der Waals surface area contributed by atoms with Gasteiger partial charge >= 0.3 is 0 Å². The number of benzene rings is 1. The van der Waals surface area contributed by atoms with E-state index in [0.29, 0.717) is 0 Å². The molecular formula is C18H28O. The summed E-state index contributed by atoms with van der Waals surface area (Å²) in [4.78, 5) is 0. The maximum Gasteiger partial charge on any atom is 0.0716 e. The Bertz CT molecular complexity index is 316. The smallest absolute Gasteiger partial charge is 0.0716 e. The molecule has 0 aromatic heterocycles. The van der Waals surface area contributed by atoms with Crippen molar-refractivity contribution in [1.82, 2.24) is 0 Å². The first-order valence-corrected chi connectivity index (χ1v) is 7.70. The molecule has 0 aliphatic carbocycles. The lowest BCUT2D eigenvalue weighted by atomic mass is 10.1. The van der Waals surface area contributed by atoms with Crippen LogP contribution in [-0.4, -0.2) is 6.61 Å². The molecule has 0 radical (unpaired) electrons. The Balaban J connectivity index is 1.87. The van der Waals surface area contributed by atoms with E-state index in [2.05, 4.69) is 43.3 Å². The minimum Gasteiger partial charge on any atom is -0.377 e. The second-order valence-electron chi connectivity index (χ2n) is 5.00. The second kappa shape index (κ2) is 12.0. The largest absolute Gasteiger partial charge is 0.377 e. The van der Waals surface area contributed by atoms with E-state index < -0.39 is 0 Å². The van der Waals surface area contributed by atoms with Gasteiger partial charge in [-0.15, -0.1) is 0 Å². The van der Waals surface area contributed by atoms with Crippen molar-refractivity contribution in [2.75, 3.05) is 6.61 Å². The summed E-state index contributed by atoms with van der Waals surface area (Å²) in [7, 11) is 0. The zero-order chi connectivity index (χ0) is 13.6. The summed E-state index contributed by atoms with van der Waals surface area (Å²) in [5.41, 5.74) is 1.26. The van der Waals surface area contributed by atoms with Crippen LogP contribution >= 0.6 is 0 Å². The van der Waals surface area contributed by atoms with E-state index in [9.17, 15) is 0 Å². The van der Waals surface area contributed by atoms with E-state index in [1.807, 2.05) is 6.07 Å². The minimum atomic E-state index is 0.738. The highest BCUT2D eigenvalue weighted by Gasteiger charge is 1.91. The van der Waals surface area contributed by atoms with Crippen LogP contribution in [0, 0.1) is 0 Å². The maximum absolute atomic E-state index is 5.65. The zero-order valence-electron chi connectivity index (χ0n) is 12.3. The van der Waals surface area contributed by atoms with E-state index in [0.717, 1.165) is 26.1 Å². The Labute approximate surface area is 118 Å². The summed E-state index contributed by atoms with van der Waals surface area (Å²) < 4.78 is 5.65. The van der Waals surface area contributed by atoms with Gasteiger partial charge in [0.1, 0.15) is 0 Å². The molecule has 1 rings (SSSR count). The molecule has 0 spiro atoms. The number of allylic oxidation sites excluding steroid dienone is 2. The zero-order valence-corrected chi connectivity index (χ0v) is 12.3. The van der Waals surface area contributed by atoms with Crippen molar-refractivity contribution < 1.29 is 4.74 Å². The molecular weight excluding hydrogens is 232 g/mol. The fourth-order valence-corrected chi connectivity index (χ4v) is 1.99. The van der Waals surface area contributed by atoms with E-state index in [1.54, 1.807) is 0 Å². The van der Waals surface area contributed by atoms with Gasteiger partial charge in [0.15, 0.2) is 0 Å². The van der Waals surface area contributed by atoms with E-state index in [1.165, 1.54) is 37.7 Å². The molecule has 1 nitrogen and oxygen atoms in total. The van der Waals surface area contributed by atoms with Gasteiger partial charge in [0.25, 0.3) is 0 Å². The van der Waals surface area contributed by atoms with Gasteiger partial charge in [0, 0.05) is 6.61 Å². The van der Waals surface area contributed by atoms with Crippen LogP contribution in [-0.2, 0) is 11.3 Å². The van der Waals surface area contributed by atoms with Crippen molar-refractivity contribution in [2.24, 2.45) is 0 Å². The summed E-state index contributed by atoms with van der Waals surface area (Å²) in [5.74, 6) is 0. The van der Waals surface area contributed by atoms with Crippen LogP contribution in [0.1, 0.15) is 57.4 Å². The summed E-state index contributed by atoms with van der Waals surface area (Å²) >= 11 is 0. The molecule has 0 heterocycles. The van der Waals surface area contributed by atoms with Crippen LogP contribution in [0.15, 0.2) is 42.5 Å². The third-order valence-corrected chi connectivity index (χ3v) is 3.16. The predicted molar refractivity (Wildman–Crippen MR) is 83.2 cm³/mol. The molecule has 0 fully saturated rings. The molecule has 0 saturated heterocycles. The Kier molecular flexibility index (Phi) is 10.1. The summed E-state index contributed by atoms with van der Waals surface area (Å²) in [6.45, 7) is 3.85. The molecule has 0 saturated carbocycles. The van der Waals surface area contributed by atoms with Crippen LogP contribution in [0.2, 0.25) is 0 Å². The lowest BCUT2D eigenvalue weighted by molar-refractivity contribution is 0.119. The molecule has 106 valence electrons. The van der Waals surface area contributed by atoms with Gasteiger partial charge in [-0.3, -0.25) is 0 Å². The van der Waals surface area contributed by atoms with Crippen LogP contribution < -0.4 is 0 Å². The van der Waals surface area contributed by atoms with Crippen molar-refractivity contribution in [3.63, 3.8) is 0 Å². The standard InChI is InChI=1S/C18H28O/c1-2-3-4-5-6-7-8-9-13-16-19-17-18-14-11-10-12-15-18/h7-8,10-12,14-15H,2-6,9,13,16-17H2,1H3. The molecule has 1 aromatic carbocycles. The van der Waals surface area contributed by atoms with Crippen molar-refractivity contribution in [3.8, 4) is 0 Å². The van der Waals surface area contributed by atoms with Gasteiger partial charge in [-0.2, -0.15) is 0 Å². The van der Waals surface area contributed by atoms with Crippen molar-refractivity contribution in [2.45, 2.75) is 58.5 Å². The second-order valence-corrected chi connectivity index (χ2v) is 5.00. The van der Waals surface area contributed by atoms with Gasteiger partial charge in [0.2, 0.25) is 0 Å². The Hall–Kier alpha value is -1.08. The average Bonchev–Trinajstić information content (AvgIpc) is 2.46. The van der Waals surface area contributed by atoms with E-state index in [-0.39, 0.29) is 0 Å².